The summed E-state index contributed by atoms with van der Waals surface area (Å²) in [5.41, 5.74) is 0. The number of ether oxygens (including phenoxy) is 2. The van der Waals surface area contributed by atoms with E-state index in [1.165, 1.54) is 0 Å². The van der Waals surface area contributed by atoms with Gasteiger partial charge in [-0.25, -0.2) is 0 Å². The molecule has 1 N–H and O–H groups in total. The number of methoxy groups -OCH3 is 1. The molecule has 100 valence electrons. The van der Waals surface area contributed by atoms with Crippen molar-refractivity contribution in [3.8, 4) is 11.5 Å². The monoisotopic (exact) mass is 315 g/mol. The van der Waals surface area contributed by atoms with Crippen molar-refractivity contribution in [2.24, 2.45) is 0 Å². The van der Waals surface area contributed by atoms with Gasteiger partial charge < -0.3 is 14.8 Å². The van der Waals surface area contributed by atoms with Gasteiger partial charge in [0.05, 0.1) is 11.6 Å². The molecular formula is C13H18BrNO3. The van der Waals surface area contributed by atoms with Crippen molar-refractivity contribution in [3.63, 3.8) is 0 Å². The molecule has 0 spiro atoms. The number of hydrogen-bond acceptors (Lipinski definition) is 3. The Hall–Kier alpha value is -1.23. The summed E-state index contributed by atoms with van der Waals surface area (Å²) in [6, 6.07) is 5.51. The highest BCUT2D eigenvalue weighted by Crippen LogP contribution is 2.28. The minimum Gasteiger partial charge on any atom is -0.497 e. The summed E-state index contributed by atoms with van der Waals surface area (Å²) in [6.07, 6.45) is 0.901. The Bertz CT molecular complexity index is 409. The Balaban J connectivity index is 2.51. The Morgan fingerprint density at radius 2 is 2.22 bits per heavy atom. The minimum atomic E-state index is -0.118. The van der Waals surface area contributed by atoms with E-state index in [0.717, 1.165) is 16.6 Å². The summed E-state index contributed by atoms with van der Waals surface area (Å²) < 4.78 is 11.3. The van der Waals surface area contributed by atoms with Crippen LogP contribution in [0.3, 0.4) is 0 Å². The Kier molecular flexibility index (Phi) is 5.98. The number of halogens is 1. The molecule has 0 bridgehead atoms. The van der Waals surface area contributed by atoms with Crippen LogP contribution in [0, 0.1) is 0 Å². The summed E-state index contributed by atoms with van der Waals surface area (Å²) in [5, 5.41) is 2.84. The summed E-state index contributed by atoms with van der Waals surface area (Å²) in [5.74, 6) is 1.24. The van der Waals surface area contributed by atoms with Gasteiger partial charge in [-0.2, -0.15) is 0 Å². The fraction of sp³-hybridized carbons (Fsp3) is 0.462. The van der Waals surface area contributed by atoms with Crippen LogP contribution in [-0.4, -0.2) is 25.7 Å². The van der Waals surface area contributed by atoms with E-state index < -0.39 is 0 Å². The van der Waals surface area contributed by atoms with Gasteiger partial charge in [0.2, 0.25) is 0 Å². The summed E-state index contributed by atoms with van der Waals surface area (Å²) in [4.78, 5) is 11.5. The van der Waals surface area contributed by atoms with Crippen LogP contribution in [0.2, 0.25) is 0 Å². The zero-order valence-electron chi connectivity index (χ0n) is 10.8. The average molecular weight is 316 g/mol. The van der Waals surface area contributed by atoms with Crippen LogP contribution >= 0.6 is 15.9 Å². The number of hydrogen-bond donors (Lipinski definition) is 1. The van der Waals surface area contributed by atoms with Gasteiger partial charge in [-0.05, 0) is 47.5 Å². The molecule has 0 fully saturated rings. The first-order valence-electron chi connectivity index (χ1n) is 5.82. The lowest BCUT2D eigenvalue weighted by atomic mass is 10.2. The third kappa shape index (κ3) is 4.56. The first-order valence-corrected chi connectivity index (χ1v) is 6.61. The summed E-state index contributed by atoms with van der Waals surface area (Å²) in [6.45, 7) is 3.99. The molecule has 1 atom stereocenters. The smallest absolute Gasteiger partial charge is 0.258 e. The molecule has 0 aliphatic rings. The van der Waals surface area contributed by atoms with Gasteiger partial charge in [-0.3, -0.25) is 4.79 Å². The van der Waals surface area contributed by atoms with Gasteiger partial charge in [0.15, 0.2) is 6.61 Å². The molecule has 0 aliphatic carbocycles. The lowest BCUT2D eigenvalue weighted by Crippen LogP contribution is -2.35. The van der Waals surface area contributed by atoms with E-state index in [-0.39, 0.29) is 18.6 Å². The number of nitrogens with one attached hydrogen (secondary N) is 1. The highest BCUT2D eigenvalue weighted by atomic mass is 79.9. The minimum absolute atomic E-state index is 0.00920. The molecule has 0 saturated heterocycles. The molecule has 1 aromatic rings. The normalized spacial score (nSPS) is 11.8. The van der Waals surface area contributed by atoms with Crippen molar-refractivity contribution in [1.29, 1.82) is 0 Å². The highest BCUT2D eigenvalue weighted by molar-refractivity contribution is 9.10. The van der Waals surface area contributed by atoms with E-state index in [1.807, 2.05) is 13.8 Å². The number of amides is 1. The molecule has 1 aromatic carbocycles. The molecule has 4 nitrogen and oxygen atoms in total. The maximum absolute atomic E-state index is 11.5. The first kappa shape index (κ1) is 14.8. The van der Waals surface area contributed by atoms with Crippen molar-refractivity contribution >= 4 is 21.8 Å². The van der Waals surface area contributed by atoms with Crippen LogP contribution in [0.5, 0.6) is 11.5 Å². The maximum Gasteiger partial charge on any atom is 0.258 e. The van der Waals surface area contributed by atoms with Crippen molar-refractivity contribution in [2.75, 3.05) is 13.7 Å². The third-order valence-electron chi connectivity index (χ3n) is 2.52. The van der Waals surface area contributed by atoms with Crippen LogP contribution in [0.25, 0.3) is 0 Å². The highest BCUT2D eigenvalue weighted by Gasteiger charge is 2.08. The van der Waals surface area contributed by atoms with Gasteiger partial charge in [0.1, 0.15) is 11.5 Å². The van der Waals surface area contributed by atoms with E-state index in [1.54, 1.807) is 25.3 Å². The fourth-order valence-electron chi connectivity index (χ4n) is 1.29. The fourth-order valence-corrected chi connectivity index (χ4v) is 1.76. The van der Waals surface area contributed by atoms with Gasteiger partial charge in [0.25, 0.3) is 5.91 Å². The number of benzene rings is 1. The second-order valence-corrected chi connectivity index (χ2v) is 4.82. The largest absolute Gasteiger partial charge is 0.497 e. The SMILES string of the molecule is CCC(C)NC(=O)COc1ccc(OC)cc1Br. The quantitative estimate of drug-likeness (QED) is 0.878. The summed E-state index contributed by atoms with van der Waals surface area (Å²) >= 11 is 3.37. The van der Waals surface area contributed by atoms with Crippen LogP contribution < -0.4 is 14.8 Å². The van der Waals surface area contributed by atoms with Crippen molar-refractivity contribution in [2.45, 2.75) is 26.3 Å². The van der Waals surface area contributed by atoms with E-state index in [4.69, 9.17) is 9.47 Å². The van der Waals surface area contributed by atoms with E-state index in [9.17, 15) is 4.79 Å². The van der Waals surface area contributed by atoms with Crippen LogP contribution in [0.15, 0.2) is 22.7 Å². The van der Waals surface area contributed by atoms with Crippen LogP contribution in [0.4, 0.5) is 0 Å². The van der Waals surface area contributed by atoms with Crippen molar-refractivity contribution in [3.05, 3.63) is 22.7 Å². The molecule has 5 heteroatoms. The molecule has 18 heavy (non-hydrogen) atoms. The number of rotatable bonds is 6. The molecule has 1 rings (SSSR count). The zero-order chi connectivity index (χ0) is 13.5. The second kappa shape index (κ2) is 7.26. The average Bonchev–Trinajstić information content (AvgIpc) is 2.36. The molecule has 1 amide bonds. The maximum atomic E-state index is 11.5. The lowest BCUT2D eigenvalue weighted by Gasteiger charge is -2.13. The Morgan fingerprint density at radius 1 is 1.50 bits per heavy atom. The van der Waals surface area contributed by atoms with Gasteiger partial charge in [0, 0.05) is 6.04 Å². The predicted molar refractivity (Wildman–Crippen MR) is 74.1 cm³/mol. The van der Waals surface area contributed by atoms with Gasteiger partial charge in [-0.15, -0.1) is 0 Å². The zero-order valence-corrected chi connectivity index (χ0v) is 12.4. The van der Waals surface area contributed by atoms with Crippen LogP contribution in [-0.2, 0) is 4.79 Å². The van der Waals surface area contributed by atoms with Gasteiger partial charge >= 0.3 is 0 Å². The molecule has 1 unspecified atom stereocenters. The number of carbonyl (C=O) groups is 1. The second-order valence-electron chi connectivity index (χ2n) is 3.96. The topological polar surface area (TPSA) is 47.6 Å². The predicted octanol–water partition coefficient (Wildman–Crippen LogP) is 2.75. The van der Waals surface area contributed by atoms with Crippen molar-refractivity contribution < 1.29 is 14.3 Å². The van der Waals surface area contributed by atoms with Crippen molar-refractivity contribution in [1.82, 2.24) is 5.32 Å². The molecule has 0 radical (unpaired) electrons. The molecule has 0 aromatic heterocycles. The standard InChI is InChI=1S/C13H18BrNO3/c1-4-9(2)15-13(16)8-18-12-6-5-10(17-3)7-11(12)14/h5-7,9H,4,8H2,1-3H3,(H,15,16). The third-order valence-corrected chi connectivity index (χ3v) is 3.14. The molecule has 0 saturated carbocycles. The van der Waals surface area contributed by atoms with E-state index in [0.29, 0.717) is 5.75 Å². The van der Waals surface area contributed by atoms with E-state index >= 15 is 0 Å². The molecule has 0 aliphatic heterocycles. The molecule has 0 heterocycles. The van der Waals surface area contributed by atoms with Gasteiger partial charge in [-0.1, -0.05) is 6.92 Å². The molecular weight excluding hydrogens is 298 g/mol. The van der Waals surface area contributed by atoms with Crippen LogP contribution in [0.1, 0.15) is 20.3 Å². The number of carbonyl (C=O) groups excluding carboxylic acids is 1. The lowest BCUT2D eigenvalue weighted by molar-refractivity contribution is -0.123. The Labute approximate surface area is 116 Å². The van der Waals surface area contributed by atoms with E-state index in [2.05, 4.69) is 21.2 Å². The Morgan fingerprint density at radius 3 is 2.78 bits per heavy atom. The first-order chi connectivity index (χ1) is 8.56. The summed E-state index contributed by atoms with van der Waals surface area (Å²) in [7, 11) is 1.60.